The molecule has 0 atom stereocenters. The fourth-order valence-electron chi connectivity index (χ4n) is 2.45. The number of nitrogens with one attached hydrogen (secondary N) is 1. The van der Waals surface area contributed by atoms with E-state index >= 15 is 0 Å². The van der Waals surface area contributed by atoms with Gasteiger partial charge in [0.25, 0.3) is 0 Å². The minimum Gasteiger partial charge on any atom is -0.478 e. The number of carbonyl (C=O) groups excluding carboxylic acids is 1. The number of aryl methyl sites for hydroxylation is 1. The standard InChI is InChI=1S/C18H14BrN3O3/c1-10-2-3-12(9-20-10)17-16(18(24)25)14(21-22-17)8-15(23)11-4-6-13(19)7-5-11/h2-7,9H,8H2,1H3,(H,21,22)(H,24,25). The van der Waals surface area contributed by atoms with Crippen LogP contribution < -0.4 is 0 Å². The minimum absolute atomic E-state index is 0.00360. The highest BCUT2D eigenvalue weighted by Gasteiger charge is 2.23. The minimum atomic E-state index is -1.14. The van der Waals surface area contributed by atoms with Gasteiger partial charge in [0.05, 0.1) is 12.1 Å². The number of H-pyrrole nitrogens is 1. The van der Waals surface area contributed by atoms with Crippen LogP contribution in [0.15, 0.2) is 47.1 Å². The summed E-state index contributed by atoms with van der Waals surface area (Å²) in [5.41, 5.74) is 2.46. The van der Waals surface area contributed by atoms with Crippen molar-refractivity contribution in [2.45, 2.75) is 13.3 Å². The molecule has 7 heteroatoms. The molecule has 0 radical (unpaired) electrons. The summed E-state index contributed by atoms with van der Waals surface area (Å²) in [6.45, 7) is 1.84. The van der Waals surface area contributed by atoms with Crippen molar-refractivity contribution >= 4 is 27.7 Å². The number of aromatic carboxylic acids is 1. The monoisotopic (exact) mass is 399 g/mol. The van der Waals surface area contributed by atoms with Crippen LogP contribution >= 0.6 is 15.9 Å². The Kier molecular flexibility index (Phi) is 4.76. The number of carboxylic acid groups (broad SMARTS) is 1. The molecule has 0 saturated carbocycles. The lowest BCUT2D eigenvalue weighted by Crippen LogP contribution is -2.09. The molecule has 0 unspecified atom stereocenters. The zero-order chi connectivity index (χ0) is 18.0. The van der Waals surface area contributed by atoms with Crippen molar-refractivity contribution in [1.82, 2.24) is 15.2 Å². The van der Waals surface area contributed by atoms with Crippen molar-refractivity contribution < 1.29 is 14.7 Å². The van der Waals surface area contributed by atoms with Gasteiger partial charge in [0.1, 0.15) is 11.3 Å². The Bertz CT molecular complexity index is 931. The number of pyridine rings is 1. The Balaban J connectivity index is 1.94. The highest BCUT2D eigenvalue weighted by molar-refractivity contribution is 9.10. The number of ketones is 1. The quantitative estimate of drug-likeness (QED) is 0.638. The first-order chi connectivity index (χ1) is 12.0. The van der Waals surface area contributed by atoms with Crippen LogP contribution in [-0.4, -0.2) is 32.0 Å². The summed E-state index contributed by atoms with van der Waals surface area (Å²) in [6, 6.07) is 10.4. The average molecular weight is 400 g/mol. The molecule has 0 bridgehead atoms. The van der Waals surface area contributed by atoms with Crippen LogP contribution in [0.1, 0.15) is 32.1 Å². The van der Waals surface area contributed by atoms with E-state index in [-0.39, 0.29) is 29.2 Å². The first kappa shape index (κ1) is 17.0. The smallest absolute Gasteiger partial charge is 0.339 e. The number of carboxylic acids is 1. The average Bonchev–Trinajstić information content (AvgIpc) is 3.00. The number of Topliss-reactive ketones (excluding diaryl/α,β-unsaturated/α-hetero) is 1. The van der Waals surface area contributed by atoms with Crippen LogP contribution in [0.4, 0.5) is 0 Å². The predicted molar refractivity (Wildman–Crippen MR) is 95.7 cm³/mol. The summed E-state index contributed by atoms with van der Waals surface area (Å²) in [5.74, 6) is -1.32. The first-order valence-corrected chi connectivity index (χ1v) is 8.27. The zero-order valence-corrected chi connectivity index (χ0v) is 14.9. The lowest BCUT2D eigenvalue weighted by atomic mass is 10.0. The number of carbonyl (C=O) groups is 2. The van der Waals surface area contributed by atoms with E-state index in [2.05, 4.69) is 31.1 Å². The number of hydrogen-bond donors (Lipinski definition) is 2. The number of benzene rings is 1. The summed E-state index contributed by atoms with van der Waals surface area (Å²) in [4.78, 5) is 28.3. The summed E-state index contributed by atoms with van der Waals surface area (Å²) in [7, 11) is 0. The second-order valence-electron chi connectivity index (χ2n) is 5.53. The molecule has 126 valence electrons. The van der Waals surface area contributed by atoms with E-state index in [1.807, 2.05) is 6.92 Å². The van der Waals surface area contributed by atoms with Gasteiger partial charge in [-0.15, -0.1) is 0 Å². The summed E-state index contributed by atoms with van der Waals surface area (Å²) in [5, 5.41) is 16.4. The third-order valence-corrected chi connectivity index (χ3v) is 4.27. The Morgan fingerprint density at radius 3 is 2.48 bits per heavy atom. The molecule has 2 N–H and O–H groups in total. The molecule has 3 aromatic rings. The Morgan fingerprint density at radius 1 is 1.16 bits per heavy atom. The van der Waals surface area contributed by atoms with Crippen molar-refractivity contribution in [3.63, 3.8) is 0 Å². The van der Waals surface area contributed by atoms with E-state index in [0.717, 1.165) is 10.2 Å². The molecule has 0 aliphatic carbocycles. The van der Waals surface area contributed by atoms with E-state index < -0.39 is 5.97 Å². The summed E-state index contributed by atoms with van der Waals surface area (Å²) in [6.07, 6.45) is 1.49. The normalized spacial score (nSPS) is 10.6. The van der Waals surface area contributed by atoms with Gasteiger partial charge in [0, 0.05) is 27.5 Å². The molecule has 0 spiro atoms. The van der Waals surface area contributed by atoms with Crippen LogP contribution in [0, 0.1) is 6.92 Å². The number of aromatic amines is 1. The number of aromatic nitrogens is 3. The van der Waals surface area contributed by atoms with Crippen molar-refractivity contribution in [2.75, 3.05) is 0 Å². The van der Waals surface area contributed by atoms with Crippen molar-refractivity contribution in [3.05, 3.63) is 69.6 Å². The van der Waals surface area contributed by atoms with Gasteiger partial charge in [-0.25, -0.2) is 4.79 Å². The second-order valence-corrected chi connectivity index (χ2v) is 6.44. The van der Waals surface area contributed by atoms with Crippen LogP contribution in [0.25, 0.3) is 11.3 Å². The molecule has 1 aromatic carbocycles. The predicted octanol–water partition coefficient (Wildman–Crippen LogP) is 3.67. The van der Waals surface area contributed by atoms with Gasteiger partial charge in [-0.2, -0.15) is 5.10 Å². The summed E-state index contributed by atoms with van der Waals surface area (Å²) < 4.78 is 0.867. The number of nitrogens with zero attached hydrogens (tertiary/aromatic N) is 2. The third kappa shape index (κ3) is 3.66. The SMILES string of the molecule is Cc1ccc(-c2n[nH]c(CC(=O)c3ccc(Br)cc3)c2C(=O)O)cn1. The zero-order valence-electron chi connectivity index (χ0n) is 13.3. The van der Waals surface area contributed by atoms with Gasteiger partial charge in [-0.3, -0.25) is 14.9 Å². The molecule has 2 aromatic heterocycles. The van der Waals surface area contributed by atoms with Crippen LogP contribution in [-0.2, 0) is 6.42 Å². The molecule has 0 aliphatic heterocycles. The van der Waals surface area contributed by atoms with Crippen molar-refractivity contribution in [1.29, 1.82) is 0 Å². The maximum Gasteiger partial charge on any atom is 0.339 e. The van der Waals surface area contributed by atoms with Gasteiger partial charge in [0.2, 0.25) is 0 Å². The topological polar surface area (TPSA) is 95.9 Å². The van der Waals surface area contributed by atoms with Crippen molar-refractivity contribution in [3.8, 4) is 11.3 Å². The maximum atomic E-state index is 12.4. The van der Waals surface area contributed by atoms with E-state index in [4.69, 9.17) is 0 Å². The second kappa shape index (κ2) is 6.98. The number of hydrogen-bond acceptors (Lipinski definition) is 4. The van der Waals surface area contributed by atoms with E-state index in [9.17, 15) is 14.7 Å². The fraction of sp³-hybridized carbons (Fsp3) is 0.111. The van der Waals surface area contributed by atoms with Crippen molar-refractivity contribution in [2.24, 2.45) is 0 Å². The molecular weight excluding hydrogens is 386 g/mol. The van der Waals surface area contributed by atoms with Gasteiger partial charge in [-0.05, 0) is 31.2 Å². The molecule has 6 nitrogen and oxygen atoms in total. The molecule has 2 heterocycles. The van der Waals surface area contributed by atoms with E-state index in [1.54, 1.807) is 42.6 Å². The maximum absolute atomic E-state index is 12.4. The van der Waals surface area contributed by atoms with Gasteiger partial charge >= 0.3 is 5.97 Å². The Labute approximate surface area is 152 Å². The highest BCUT2D eigenvalue weighted by Crippen LogP contribution is 2.24. The fourth-order valence-corrected chi connectivity index (χ4v) is 2.72. The lowest BCUT2D eigenvalue weighted by Gasteiger charge is -2.03. The molecule has 25 heavy (non-hydrogen) atoms. The highest BCUT2D eigenvalue weighted by atomic mass is 79.9. The van der Waals surface area contributed by atoms with Crippen LogP contribution in [0.2, 0.25) is 0 Å². The number of rotatable bonds is 5. The molecule has 0 amide bonds. The van der Waals surface area contributed by atoms with Gasteiger partial charge in [0.15, 0.2) is 5.78 Å². The molecule has 3 rings (SSSR count). The molecule has 0 aliphatic rings. The molecule has 0 fully saturated rings. The Morgan fingerprint density at radius 2 is 1.88 bits per heavy atom. The van der Waals surface area contributed by atoms with E-state index in [0.29, 0.717) is 11.1 Å². The largest absolute Gasteiger partial charge is 0.478 e. The van der Waals surface area contributed by atoms with E-state index in [1.165, 1.54) is 0 Å². The first-order valence-electron chi connectivity index (χ1n) is 7.48. The molecular formula is C18H14BrN3O3. The summed E-state index contributed by atoms with van der Waals surface area (Å²) >= 11 is 3.32. The number of halogens is 1. The van der Waals surface area contributed by atoms with Crippen LogP contribution in [0.5, 0.6) is 0 Å². The van der Waals surface area contributed by atoms with Crippen LogP contribution in [0.3, 0.4) is 0 Å². The third-order valence-electron chi connectivity index (χ3n) is 3.74. The van der Waals surface area contributed by atoms with Gasteiger partial charge in [-0.1, -0.05) is 28.1 Å². The Hall–Kier alpha value is -2.80. The van der Waals surface area contributed by atoms with Gasteiger partial charge < -0.3 is 5.11 Å². The molecule has 0 saturated heterocycles. The lowest BCUT2D eigenvalue weighted by molar-refractivity contribution is 0.0697.